The lowest BCUT2D eigenvalue weighted by Crippen LogP contribution is -2.43. The second-order valence-corrected chi connectivity index (χ2v) is 10.1. The van der Waals surface area contributed by atoms with E-state index in [9.17, 15) is 27.9 Å². The normalized spacial score (nSPS) is 19.9. The molecule has 3 aromatic rings. The largest absolute Gasteiger partial charge is 0.433 e. The van der Waals surface area contributed by atoms with Crippen LogP contribution in [0.4, 0.5) is 24.8 Å². The Balaban J connectivity index is 1.47. The Morgan fingerprint density at radius 2 is 1.95 bits per heavy atom. The number of halogens is 3. The second-order valence-electron chi connectivity index (χ2n) is 9.02. The molecule has 4 rings (SSSR count). The van der Waals surface area contributed by atoms with Crippen molar-refractivity contribution in [1.29, 1.82) is 0 Å². The molecule has 196 valence electrons. The van der Waals surface area contributed by atoms with Gasteiger partial charge in [-0.25, -0.2) is 15.0 Å². The Bertz CT molecular complexity index is 1300. The number of nitrogens with one attached hydrogen (secondary N) is 2. The summed E-state index contributed by atoms with van der Waals surface area (Å²) >= 11 is 1.33. The summed E-state index contributed by atoms with van der Waals surface area (Å²) in [6, 6.07) is 6.07. The van der Waals surface area contributed by atoms with Crippen molar-refractivity contribution < 1.29 is 27.9 Å². The molecule has 0 atom stereocenters. The van der Waals surface area contributed by atoms with Gasteiger partial charge in [-0.15, -0.1) is 11.3 Å². The molecular weight excluding hydrogens is 509 g/mol. The number of rotatable bonds is 7. The number of thiazole rings is 1. The van der Waals surface area contributed by atoms with Crippen molar-refractivity contribution in [3.63, 3.8) is 0 Å². The SMILES string of the molecule is Cc1cc(Nc2nccc(C(F)(F)F)n2)cc(-c2cnc([C@]3(O)CC[C@@H](NC(=O)CC(N)=O)CC3)s2)c1. The first-order valence-corrected chi connectivity index (χ1v) is 12.3. The average molecular weight is 535 g/mol. The molecule has 0 unspecified atom stereocenters. The highest BCUT2D eigenvalue weighted by Crippen LogP contribution is 2.41. The lowest BCUT2D eigenvalue weighted by atomic mass is 9.82. The van der Waals surface area contributed by atoms with E-state index in [4.69, 9.17) is 5.73 Å². The third kappa shape index (κ3) is 6.60. The smallest absolute Gasteiger partial charge is 0.383 e. The van der Waals surface area contributed by atoms with Crippen LogP contribution in [0.5, 0.6) is 0 Å². The zero-order chi connectivity index (χ0) is 26.8. The Kier molecular flexibility index (Phi) is 7.46. The first-order chi connectivity index (χ1) is 17.4. The molecule has 2 amide bonds. The number of aromatic nitrogens is 3. The second kappa shape index (κ2) is 10.4. The van der Waals surface area contributed by atoms with Crippen LogP contribution in [-0.4, -0.2) is 37.9 Å². The molecule has 1 aliphatic carbocycles. The van der Waals surface area contributed by atoms with E-state index in [0.29, 0.717) is 36.4 Å². The molecule has 1 fully saturated rings. The third-order valence-corrected chi connectivity index (χ3v) is 7.22. The zero-order valence-corrected chi connectivity index (χ0v) is 20.6. The first kappa shape index (κ1) is 26.5. The summed E-state index contributed by atoms with van der Waals surface area (Å²) in [7, 11) is 0. The fraction of sp³-hybridized carbons (Fsp3) is 0.375. The van der Waals surface area contributed by atoms with Gasteiger partial charge >= 0.3 is 6.18 Å². The fourth-order valence-corrected chi connectivity index (χ4v) is 5.27. The number of aryl methyl sites for hydroxylation is 1. The van der Waals surface area contributed by atoms with E-state index >= 15 is 0 Å². The summed E-state index contributed by atoms with van der Waals surface area (Å²) in [4.78, 5) is 35.3. The minimum atomic E-state index is -4.58. The third-order valence-electron chi connectivity index (χ3n) is 5.98. The number of carbonyl (C=O) groups is 2. The fourth-order valence-electron chi connectivity index (χ4n) is 4.22. The van der Waals surface area contributed by atoms with Crippen molar-refractivity contribution >= 4 is 34.8 Å². The van der Waals surface area contributed by atoms with E-state index in [2.05, 4.69) is 25.6 Å². The molecular formula is C24H25F3N6O3S. The zero-order valence-electron chi connectivity index (χ0n) is 19.8. The minimum Gasteiger partial charge on any atom is -0.383 e. The molecule has 2 heterocycles. The van der Waals surface area contributed by atoms with E-state index in [1.54, 1.807) is 18.3 Å². The minimum absolute atomic E-state index is 0.157. The van der Waals surface area contributed by atoms with E-state index in [1.165, 1.54) is 11.3 Å². The van der Waals surface area contributed by atoms with Crippen LogP contribution in [0.3, 0.4) is 0 Å². The highest BCUT2D eigenvalue weighted by molar-refractivity contribution is 7.15. The van der Waals surface area contributed by atoms with Crippen molar-refractivity contribution in [2.24, 2.45) is 5.73 Å². The number of primary amides is 1. The molecule has 0 radical (unpaired) electrons. The van der Waals surface area contributed by atoms with E-state index in [-0.39, 0.29) is 18.4 Å². The van der Waals surface area contributed by atoms with E-state index in [0.717, 1.165) is 28.3 Å². The van der Waals surface area contributed by atoms with Gasteiger partial charge in [0.05, 0.1) is 4.88 Å². The van der Waals surface area contributed by atoms with Gasteiger partial charge < -0.3 is 21.5 Å². The van der Waals surface area contributed by atoms with Crippen LogP contribution in [0, 0.1) is 6.92 Å². The molecule has 0 aliphatic heterocycles. The number of aliphatic hydroxyl groups is 1. The van der Waals surface area contributed by atoms with Crippen LogP contribution < -0.4 is 16.4 Å². The number of benzene rings is 1. The summed E-state index contributed by atoms with van der Waals surface area (Å²) in [5, 5.41) is 17.4. The van der Waals surface area contributed by atoms with Crippen LogP contribution >= 0.6 is 11.3 Å². The van der Waals surface area contributed by atoms with Crippen LogP contribution in [0.15, 0.2) is 36.7 Å². The quantitative estimate of drug-likeness (QED) is 0.338. The predicted octanol–water partition coefficient (Wildman–Crippen LogP) is 3.79. The van der Waals surface area contributed by atoms with Gasteiger partial charge in [0.1, 0.15) is 22.7 Å². The number of alkyl halides is 3. The van der Waals surface area contributed by atoms with Gasteiger partial charge in [0, 0.05) is 24.1 Å². The standard InChI is InChI=1S/C24H25F3N6O3S/c1-13-8-14(10-16(9-13)32-22-29-7-4-18(33-22)24(25,26)27)17-12-30-21(37-17)23(36)5-2-15(3-6-23)31-20(35)11-19(28)34/h4,7-10,12,15,36H,2-3,5-6,11H2,1H3,(H2,28,34)(H,31,35)(H,29,32,33)/t15-,23+. The van der Waals surface area contributed by atoms with E-state index < -0.39 is 29.3 Å². The number of amides is 2. The maximum absolute atomic E-state index is 13.0. The molecule has 0 spiro atoms. The predicted molar refractivity (Wildman–Crippen MR) is 131 cm³/mol. The molecule has 5 N–H and O–H groups in total. The van der Waals surface area contributed by atoms with Crippen molar-refractivity contribution in [3.8, 4) is 10.4 Å². The number of anilines is 2. The maximum atomic E-state index is 13.0. The lowest BCUT2D eigenvalue weighted by Gasteiger charge is -2.34. The summed E-state index contributed by atoms with van der Waals surface area (Å²) < 4.78 is 39.0. The highest BCUT2D eigenvalue weighted by atomic mass is 32.1. The summed E-state index contributed by atoms with van der Waals surface area (Å²) in [6.45, 7) is 1.85. The van der Waals surface area contributed by atoms with Gasteiger partial charge in [0.2, 0.25) is 17.8 Å². The van der Waals surface area contributed by atoms with Gasteiger partial charge in [-0.1, -0.05) is 6.07 Å². The van der Waals surface area contributed by atoms with Gasteiger partial charge in [-0.2, -0.15) is 13.2 Å². The number of hydrogen-bond donors (Lipinski definition) is 4. The summed E-state index contributed by atoms with van der Waals surface area (Å²) in [6.07, 6.45) is -0.448. The van der Waals surface area contributed by atoms with Gasteiger partial charge in [0.25, 0.3) is 0 Å². The first-order valence-electron chi connectivity index (χ1n) is 11.5. The molecule has 0 bridgehead atoms. The molecule has 1 saturated carbocycles. The molecule has 0 saturated heterocycles. The van der Waals surface area contributed by atoms with Gasteiger partial charge in [0.15, 0.2) is 0 Å². The summed E-state index contributed by atoms with van der Waals surface area (Å²) in [5.41, 5.74) is 5.00. The van der Waals surface area contributed by atoms with Crippen LogP contribution in [0.1, 0.15) is 48.4 Å². The topological polar surface area (TPSA) is 143 Å². The lowest BCUT2D eigenvalue weighted by molar-refractivity contribution is -0.141. The number of nitrogens with two attached hydrogens (primary N) is 1. The van der Waals surface area contributed by atoms with Gasteiger partial charge in [-0.3, -0.25) is 9.59 Å². The Hall–Kier alpha value is -3.58. The monoisotopic (exact) mass is 534 g/mol. The number of nitrogens with zero attached hydrogens (tertiary/aromatic N) is 3. The maximum Gasteiger partial charge on any atom is 0.433 e. The molecule has 37 heavy (non-hydrogen) atoms. The van der Waals surface area contributed by atoms with E-state index in [1.807, 2.05) is 13.0 Å². The highest BCUT2D eigenvalue weighted by Gasteiger charge is 2.38. The van der Waals surface area contributed by atoms with Crippen LogP contribution in [-0.2, 0) is 21.4 Å². The summed E-state index contributed by atoms with van der Waals surface area (Å²) in [5.74, 6) is -1.30. The molecule has 1 aliphatic rings. The molecule has 2 aromatic heterocycles. The molecule has 13 heteroatoms. The molecule has 9 nitrogen and oxygen atoms in total. The van der Waals surface area contributed by atoms with Crippen molar-refractivity contribution in [3.05, 3.63) is 52.9 Å². The van der Waals surface area contributed by atoms with Crippen LogP contribution in [0.2, 0.25) is 0 Å². The Morgan fingerprint density at radius 3 is 2.62 bits per heavy atom. The molecule has 1 aromatic carbocycles. The van der Waals surface area contributed by atoms with Crippen molar-refractivity contribution in [2.45, 2.75) is 56.8 Å². The average Bonchev–Trinajstić information content (AvgIpc) is 3.31. The number of carbonyl (C=O) groups excluding carboxylic acids is 2. The Labute approximate surface area is 214 Å². The number of hydrogen-bond acceptors (Lipinski definition) is 8. The van der Waals surface area contributed by atoms with Crippen molar-refractivity contribution in [1.82, 2.24) is 20.3 Å². The van der Waals surface area contributed by atoms with Crippen molar-refractivity contribution in [2.75, 3.05) is 5.32 Å². The van der Waals surface area contributed by atoms with Gasteiger partial charge in [-0.05, 0) is 61.9 Å². The van der Waals surface area contributed by atoms with Crippen LogP contribution in [0.25, 0.3) is 10.4 Å². The Morgan fingerprint density at radius 1 is 1.22 bits per heavy atom.